The number of thioether (sulfide) groups is 1. The molecule has 2 unspecified atom stereocenters. The molecule has 0 aromatic heterocycles. The second kappa shape index (κ2) is 9.11. The molecule has 164 valence electrons. The fourth-order valence-electron chi connectivity index (χ4n) is 4.14. The minimum absolute atomic E-state index is 0.0202. The molecule has 3 aromatic carbocycles. The van der Waals surface area contributed by atoms with Gasteiger partial charge >= 0.3 is 5.97 Å². The highest BCUT2D eigenvalue weighted by molar-refractivity contribution is 8.04. The summed E-state index contributed by atoms with van der Waals surface area (Å²) in [6.07, 6.45) is -0.826. The Kier molecular flexibility index (Phi) is 6.43. The molecule has 0 amide bonds. The Bertz CT molecular complexity index is 1130. The van der Waals surface area contributed by atoms with Crippen molar-refractivity contribution in [2.75, 3.05) is 0 Å². The lowest BCUT2D eigenvalue weighted by Crippen LogP contribution is -2.42. The summed E-state index contributed by atoms with van der Waals surface area (Å²) in [6.45, 7) is 3.34. The zero-order chi connectivity index (χ0) is 22.8. The van der Waals surface area contributed by atoms with E-state index in [1.165, 1.54) is 11.8 Å². The van der Waals surface area contributed by atoms with Crippen molar-refractivity contribution in [2.45, 2.75) is 36.6 Å². The van der Waals surface area contributed by atoms with E-state index in [2.05, 4.69) is 0 Å². The first-order chi connectivity index (χ1) is 15.4. The van der Waals surface area contributed by atoms with Crippen LogP contribution in [0.5, 0.6) is 0 Å². The Hall–Kier alpha value is -2.59. The van der Waals surface area contributed by atoms with Gasteiger partial charge in [-0.2, -0.15) is 0 Å². The van der Waals surface area contributed by atoms with Gasteiger partial charge in [0.05, 0.1) is 11.0 Å². The van der Waals surface area contributed by atoms with Gasteiger partial charge in [-0.05, 0) is 26.0 Å². The third-order valence-electron chi connectivity index (χ3n) is 5.55. The van der Waals surface area contributed by atoms with Crippen molar-refractivity contribution in [1.82, 2.24) is 0 Å². The number of esters is 1. The molecule has 0 fully saturated rings. The average molecular weight is 465 g/mol. The van der Waals surface area contributed by atoms with Crippen LogP contribution in [0.1, 0.15) is 20.3 Å². The summed E-state index contributed by atoms with van der Waals surface area (Å²) in [6, 6.07) is 27.9. The molecular formula is C26H25O4PS. The predicted molar refractivity (Wildman–Crippen MR) is 130 cm³/mol. The smallest absolute Gasteiger partial charge is 0.336 e. The number of carbonyl (C=O) groups excluding carboxylic acids is 1. The Morgan fingerprint density at radius 2 is 1.38 bits per heavy atom. The molecule has 4 nitrogen and oxygen atoms in total. The summed E-state index contributed by atoms with van der Waals surface area (Å²) in [5.41, 5.74) is 0.423. The maximum absolute atomic E-state index is 15.3. The van der Waals surface area contributed by atoms with Gasteiger partial charge in [-0.15, -0.1) is 0 Å². The third kappa shape index (κ3) is 3.86. The molecule has 1 aliphatic rings. The van der Waals surface area contributed by atoms with Crippen molar-refractivity contribution in [3.63, 3.8) is 0 Å². The summed E-state index contributed by atoms with van der Waals surface area (Å²) in [4.78, 5) is 14.5. The van der Waals surface area contributed by atoms with Crippen LogP contribution in [0.3, 0.4) is 0 Å². The van der Waals surface area contributed by atoms with Crippen molar-refractivity contribution >= 4 is 35.5 Å². The average Bonchev–Trinajstić information content (AvgIpc) is 3.05. The van der Waals surface area contributed by atoms with Crippen LogP contribution in [0.25, 0.3) is 0 Å². The molecule has 1 N–H and O–H groups in total. The number of rotatable bonds is 7. The highest BCUT2D eigenvalue weighted by Gasteiger charge is 2.60. The van der Waals surface area contributed by atoms with Gasteiger partial charge in [0.2, 0.25) is 5.34 Å². The number of hydrogen-bond acceptors (Lipinski definition) is 5. The number of benzene rings is 3. The molecule has 0 saturated carbocycles. The van der Waals surface area contributed by atoms with E-state index in [9.17, 15) is 9.90 Å². The van der Waals surface area contributed by atoms with E-state index < -0.39 is 24.6 Å². The summed E-state index contributed by atoms with van der Waals surface area (Å²) in [5, 5.41) is 10.2. The standard InChI is InChI=1S/C26H25O4PS/c1-19(27)18-26(24(20(2)25(28)30-26)32-23-16-10-5-11-17-23)31(29,21-12-6-3-7-13-21)22-14-8-4-9-15-22/h3-17,19,27H,18H2,1-2H3. The second-order valence-electron chi connectivity index (χ2n) is 7.88. The summed E-state index contributed by atoms with van der Waals surface area (Å²) >= 11 is 1.38. The lowest BCUT2D eigenvalue weighted by Gasteiger charge is -2.39. The lowest BCUT2D eigenvalue weighted by molar-refractivity contribution is -0.142. The maximum Gasteiger partial charge on any atom is 0.336 e. The quantitative estimate of drug-likeness (QED) is 0.390. The molecule has 0 saturated heterocycles. The molecule has 0 aliphatic carbocycles. The van der Waals surface area contributed by atoms with Crippen molar-refractivity contribution in [1.29, 1.82) is 0 Å². The molecule has 1 heterocycles. The van der Waals surface area contributed by atoms with E-state index in [0.717, 1.165) is 4.90 Å². The van der Waals surface area contributed by atoms with Crippen LogP contribution in [0.15, 0.2) is 106 Å². The molecule has 32 heavy (non-hydrogen) atoms. The third-order valence-corrected chi connectivity index (χ3v) is 10.6. The van der Waals surface area contributed by atoms with Crippen molar-refractivity contribution in [3.05, 3.63) is 101 Å². The zero-order valence-electron chi connectivity index (χ0n) is 18.0. The Labute approximate surface area is 192 Å². The second-order valence-corrected chi connectivity index (χ2v) is 11.9. The minimum atomic E-state index is -3.61. The first-order valence-electron chi connectivity index (χ1n) is 10.5. The van der Waals surface area contributed by atoms with Gasteiger partial charge in [0.25, 0.3) is 0 Å². The van der Waals surface area contributed by atoms with Crippen LogP contribution in [-0.4, -0.2) is 22.5 Å². The van der Waals surface area contributed by atoms with Crippen molar-refractivity contribution in [3.8, 4) is 0 Å². The van der Waals surface area contributed by atoms with Crippen LogP contribution in [0.2, 0.25) is 0 Å². The van der Waals surface area contributed by atoms with Gasteiger partial charge in [0.15, 0.2) is 7.14 Å². The van der Waals surface area contributed by atoms with Crippen LogP contribution < -0.4 is 10.6 Å². The molecule has 1 aliphatic heterocycles. The van der Waals surface area contributed by atoms with E-state index in [1.807, 2.05) is 91.0 Å². The lowest BCUT2D eigenvalue weighted by atomic mass is 10.1. The fourth-order valence-corrected chi connectivity index (χ4v) is 9.21. The summed E-state index contributed by atoms with van der Waals surface area (Å²) in [7, 11) is -3.61. The van der Waals surface area contributed by atoms with Crippen LogP contribution >= 0.6 is 18.9 Å². The van der Waals surface area contributed by atoms with E-state index in [1.54, 1.807) is 13.8 Å². The van der Waals surface area contributed by atoms with Crippen LogP contribution in [0, 0.1) is 0 Å². The van der Waals surface area contributed by atoms with Gasteiger partial charge in [0, 0.05) is 27.5 Å². The number of ether oxygens (including phenoxy) is 1. The molecule has 0 bridgehead atoms. The first-order valence-corrected chi connectivity index (χ1v) is 13.0. The molecule has 4 rings (SSSR count). The van der Waals surface area contributed by atoms with E-state index >= 15 is 4.57 Å². The Balaban J connectivity index is 2.02. The zero-order valence-corrected chi connectivity index (χ0v) is 19.7. The fraction of sp³-hybridized carbons (Fsp3) is 0.192. The number of hydrogen-bond donors (Lipinski definition) is 1. The Morgan fingerprint density at radius 3 is 1.84 bits per heavy atom. The van der Waals surface area contributed by atoms with Crippen LogP contribution in [0.4, 0.5) is 0 Å². The summed E-state index contributed by atoms with van der Waals surface area (Å²) < 4.78 is 21.4. The number of carbonyl (C=O) groups is 1. The molecule has 2 atom stereocenters. The van der Waals surface area contributed by atoms with Crippen molar-refractivity contribution in [2.24, 2.45) is 0 Å². The SMILES string of the molecule is CC1=C(Sc2ccccc2)C(CC(C)O)(P(=O)(c2ccccc2)c2ccccc2)OC1=O. The van der Waals surface area contributed by atoms with E-state index in [0.29, 0.717) is 21.1 Å². The number of cyclic esters (lactones) is 1. The van der Waals surface area contributed by atoms with Gasteiger partial charge in [-0.25, -0.2) is 4.79 Å². The monoisotopic (exact) mass is 464 g/mol. The minimum Gasteiger partial charge on any atom is -0.441 e. The number of aliphatic hydroxyl groups is 1. The normalized spacial score (nSPS) is 19.7. The van der Waals surface area contributed by atoms with Crippen molar-refractivity contribution < 1.29 is 19.2 Å². The molecule has 3 aromatic rings. The van der Waals surface area contributed by atoms with Gasteiger partial charge in [-0.1, -0.05) is 90.6 Å². The van der Waals surface area contributed by atoms with Gasteiger partial charge in [0.1, 0.15) is 0 Å². The molecule has 0 spiro atoms. The number of aliphatic hydroxyl groups excluding tert-OH is 1. The first kappa shape index (κ1) is 22.6. The molecule has 6 heteroatoms. The van der Waals surface area contributed by atoms with Gasteiger partial charge < -0.3 is 14.4 Å². The van der Waals surface area contributed by atoms with Crippen LogP contribution in [-0.2, 0) is 14.1 Å². The predicted octanol–water partition coefficient (Wildman–Crippen LogP) is 5.09. The molecule has 0 radical (unpaired) electrons. The van der Waals surface area contributed by atoms with Gasteiger partial charge in [-0.3, -0.25) is 0 Å². The molecular weight excluding hydrogens is 439 g/mol. The highest BCUT2D eigenvalue weighted by atomic mass is 32.2. The topological polar surface area (TPSA) is 63.6 Å². The highest BCUT2D eigenvalue weighted by Crippen LogP contribution is 2.67. The summed E-state index contributed by atoms with van der Waals surface area (Å²) in [5.74, 6) is -0.504. The Morgan fingerprint density at radius 1 is 0.906 bits per heavy atom. The largest absolute Gasteiger partial charge is 0.441 e. The maximum atomic E-state index is 15.3. The van der Waals surface area contributed by atoms with E-state index in [-0.39, 0.29) is 6.42 Å². The van der Waals surface area contributed by atoms with E-state index in [4.69, 9.17) is 4.74 Å².